The van der Waals surface area contributed by atoms with Gasteiger partial charge < -0.3 is 0 Å². The molecule has 0 radical (unpaired) electrons. The fraction of sp³-hybridized carbons (Fsp3) is 0.440. The molecule has 0 amide bonds. The molecule has 0 unspecified atom stereocenters. The van der Waals surface area contributed by atoms with Crippen molar-refractivity contribution in [3.63, 3.8) is 0 Å². The predicted molar refractivity (Wildman–Crippen MR) is 109 cm³/mol. The maximum Gasteiger partial charge on any atom is -0.00976 e. The maximum atomic E-state index is 2.34. The summed E-state index contributed by atoms with van der Waals surface area (Å²) in [6.07, 6.45) is 13.5. The van der Waals surface area contributed by atoms with E-state index in [-0.39, 0.29) is 0 Å². The summed E-state index contributed by atoms with van der Waals surface area (Å²) in [4.78, 5) is 0. The Morgan fingerprint density at radius 2 is 1.48 bits per heavy atom. The van der Waals surface area contributed by atoms with Gasteiger partial charge in [-0.1, -0.05) is 66.2 Å². The molecule has 0 heterocycles. The Hall–Kier alpha value is -1.82. The molecule has 2 aromatic carbocycles. The molecule has 1 aliphatic rings. The van der Waals surface area contributed by atoms with E-state index in [1.54, 1.807) is 5.56 Å². The van der Waals surface area contributed by atoms with Gasteiger partial charge in [0.1, 0.15) is 0 Å². The van der Waals surface area contributed by atoms with Crippen molar-refractivity contribution in [2.24, 2.45) is 5.92 Å². The fourth-order valence-electron chi connectivity index (χ4n) is 4.09. The van der Waals surface area contributed by atoms with E-state index in [9.17, 15) is 0 Å². The lowest BCUT2D eigenvalue weighted by Gasteiger charge is -2.29. The van der Waals surface area contributed by atoms with E-state index >= 15 is 0 Å². The van der Waals surface area contributed by atoms with Crippen LogP contribution in [0.15, 0.2) is 60.7 Å². The van der Waals surface area contributed by atoms with Gasteiger partial charge in [0.2, 0.25) is 0 Å². The summed E-state index contributed by atoms with van der Waals surface area (Å²) in [5.41, 5.74) is 5.85. The quantitative estimate of drug-likeness (QED) is 0.499. The SMILES string of the molecule is CC=CCc1ccc(CCC2CCC(c3ccc(C)cc3)CC2)cc1. The highest BCUT2D eigenvalue weighted by molar-refractivity contribution is 5.25. The van der Waals surface area contributed by atoms with E-state index in [1.807, 2.05) is 0 Å². The topological polar surface area (TPSA) is 0 Å². The highest BCUT2D eigenvalue weighted by atomic mass is 14.3. The van der Waals surface area contributed by atoms with Crippen LogP contribution < -0.4 is 0 Å². The van der Waals surface area contributed by atoms with Crippen molar-refractivity contribution < 1.29 is 0 Å². The normalized spacial score (nSPS) is 20.9. The summed E-state index contributed by atoms with van der Waals surface area (Å²) in [6, 6.07) is 18.5. The van der Waals surface area contributed by atoms with Crippen LogP contribution >= 0.6 is 0 Å². The third-order valence-corrected chi connectivity index (χ3v) is 5.85. The average molecular weight is 333 g/mol. The minimum Gasteiger partial charge on any atom is -0.0913 e. The predicted octanol–water partition coefficient (Wildman–Crippen LogP) is 7.02. The van der Waals surface area contributed by atoms with E-state index in [4.69, 9.17) is 0 Å². The van der Waals surface area contributed by atoms with Crippen LogP contribution in [0.1, 0.15) is 67.2 Å². The van der Waals surface area contributed by atoms with E-state index < -0.39 is 0 Å². The lowest BCUT2D eigenvalue weighted by atomic mass is 9.77. The van der Waals surface area contributed by atoms with Crippen LogP contribution in [-0.2, 0) is 12.8 Å². The Balaban J connectivity index is 1.44. The molecular weight excluding hydrogens is 300 g/mol. The molecular formula is C25H32. The van der Waals surface area contributed by atoms with Crippen molar-refractivity contribution >= 4 is 0 Å². The second kappa shape index (κ2) is 9.04. The molecule has 1 saturated carbocycles. The Morgan fingerprint density at radius 3 is 2.12 bits per heavy atom. The first-order chi connectivity index (χ1) is 12.2. The number of aryl methyl sites for hydroxylation is 2. The smallest absolute Gasteiger partial charge is 0.00976 e. The first-order valence-electron chi connectivity index (χ1n) is 10.00. The molecule has 25 heavy (non-hydrogen) atoms. The molecule has 0 heteroatoms. The van der Waals surface area contributed by atoms with Crippen LogP contribution in [0.25, 0.3) is 0 Å². The Labute approximate surface area is 154 Å². The van der Waals surface area contributed by atoms with E-state index in [0.717, 1.165) is 18.3 Å². The molecule has 2 aromatic rings. The molecule has 1 fully saturated rings. The van der Waals surface area contributed by atoms with Crippen LogP contribution in [-0.4, -0.2) is 0 Å². The zero-order valence-electron chi connectivity index (χ0n) is 15.9. The van der Waals surface area contributed by atoms with Gasteiger partial charge >= 0.3 is 0 Å². The monoisotopic (exact) mass is 332 g/mol. The summed E-state index contributed by atoms with van der Waals surface area (Å²) >= 11 is 0. The summed E-state index contributed by atoms with van der Waals surface area (Å²) in [5, 5.41) is 0. The van der Waals surface area contributed by atoms with E-state index in [1.165, 1.54) is 55.2 Å². The highest BCUT2D eigenvalue weighted by Gasteiger charge is 2.22. The minimum atomic E-state index is 0.794. The molecule has 0 saturated heterocycles. The molecule has 132 valence electrons. The first kappa shape index (κ1) is 18.0. The van der Waals surface area contributed by atoms with E-state index in [2.05, 4.69) is 74.5 Å². The fourth-order valence-corrected chi connectivity index (χ4v) is 4.09. The van der Waals surface area contributed by atoms with Gasteiger partial charge in [0, 0.05) is 0 Å². The summed E-state index contributed by atoms with van der Waals surface area (Å²) in [5.74, 6) is 1.71. The summed E-state index contributed by atoms with van der Waals surface area (Å²) in [7, 11) is 0. The third-order valence-electron chi connectivity index (χ3n) is 5.85. The third kappa shape index (κ3) is 5.33. The maximum absolute atomic E-state index is 2.34. The number of rotatable bonds is 6. The van der Waals surface area contributed by atoms with Crippen molar-refractivity contribution in [3.8, 4) is 0 Å². The highest BCUT2D eigenvalue weighted by Crippen LogP contribution is 2.37. The molecule has 1 aliphatic carbocycles. The minimum absolute atomic E-state index is 0.794. The van der Waals surface area contributed by atoms with Gasteiger partial charge in [-0.15, -0.1) is 0 Å². The van der Waals surface area contributed by atoms with Crippen LogP contribution in [0.5, 0.6) is 0 Å². The molecule has 0 aromatic heterocycles. The number of hydrogen-bond donors (Lipinski definition) is 0. The van der Waals surface area contributed by atoms with Crippen molar-refractivity contribution in [3.05, 3.63) is 82.9 Å². The van der Waals surface area contributed by atoms with Crippen LogP contribution in [0.3, 0.4) is 0 Å². The van der Waals surface area contributed by atoms with Crippen molar-refractivity contribution in [1.29, 1.82) is 0 Å². The number of hydrogen-bond acceptors (Lipinski definition) is 0. The van der Waals surface area contributed by atoms with Crippen LogP contribution in [0.4, 0.5) is 0 Å². The van der Waals surface area contributed by atoms with Gasteiger partial charge in [0.15, 0.2) is 0 Å². The van der Waals surface area contributed by atoms with Gasteiger partial charge in [0.25, 0.3) is 0 Å². The zero-order chi connectivity index (χ0) is 17.5. The largest absolute Gasteiger partial charge is 0.0913 e. The zero-order valence-corrected chi connectivity index (χ0v) is 15.9. The van der Waals surface area contributed by atoms with E-state index in [0.29, 0.717) is 0 Å². The number of allylic oxidation sites excluding steroid dienone is 2. The lowest BCUT2D eigenvalue weighted by Crippen LogP contribution is -2.14. The van der Waals surface area contributed by atoms with Gasteiger partial charge in [-0.25, -0.2) is 0 Å². The molecule has 0 atom stereocenters. The van der Waals surface area contributed by atoms with Crippen molar-refractivity contribution in [1.82, 2.24) is 0 Å². The Morgan fingerprint density at radius 1 is 0.840 bits per heavy atom. The first-order valence-corrected chi connectivity index (χ1v) is 10.00. The molecule has 0 aliphatic heterocycles. The second-order valence-corrected chi connectivity index (χ2v) is 7.76. The summed E-state index contributed by atoms with van der Waals surface area (Å²) < 4.78 is 0. The number of benzene rings is 2. The van der Waals surface area contributed by atoms with Gasteiger partial charge in [0.05, 0.1) is 0 Å². The van der Waals surface area contributed by atoms with Crippen molar-refractivity contribution in [2.45, 2.75) is 64.7 Å². The van der Waals surface area contributed by atoms with Gasteiger partial charge in [-0.3, -0.25) is 0 Å². The molecule has 0 nitrogen and oxygen atoms in total. The lowest BCUT2D eigenvalue weighted by molar-refractivity contribution is 0.310. The standard InChI is InChI=1S/C25H32/c1-3-4-5-21-8-10-22(11-9-21)12-13-23-14-18-25(19-15-23)24-16-6-20(2)7-17-24/h3-4,6-11,16-17,23,25H,5,12-15,18-19H2,1-2H3. The molecule has 0 N–H and O–H groups in total. The van der Waals surface area contributed by atoms with Crippen LogP contribution in [0, 0.1) is 12.8 Å². The Bertz CT molecular complexity index is 652. The molecule has 0 spiro atoms. The summed E-state index contributed by atoms with van der Waals surface area (Å²) in [6.45, 7) is 4.26. The van der Waals surface area contributed by atoms with Gasteiger partial charge in [-0.2, -0.15) is 0 Å². The average Bonchev–Trinajstić information content (AvgIpc) is 2.67. The van der Waals surface area contributed by atoms with Gasteiger partial charge in [-0.05, 0) is 87.3 Å². The molecule has 0 bridgehead atoms. The Kier molecular flexibility index (Phi) is 6.50. The molecule has 3 rings (SSSR count). The second-order valence-electron chi connectivity index (χ2n) is 7.76. The van der Waals surface area contributed by atoms with Crippen molar-refractivity contribution in [2.75, 3.05) is 0 Å². The van der Waals surface area contributed by atoms with Crippen LogP contribution in [0.2, 0.25) is 0 Å².